The Morgan fingerprint density at radius 3 is 2.00 bits per heavy atom. The van der Waals surface area contributed by atoms with Crippen LogP contribution in [0.3, 0.4) is 0 Å². The molecule has 2 aliphatic rings. The molecular weight excluding hydrogens is 406 g/mol. The van der Waals surface area contributed by atoms with Crippen LogP contribution in [-0.2, 0) is 10.0 Å². The molecule has 2 N–H and O–H groups in total. The normalized spacial score (nSPS) is 17.1. The van der Waals surface area contributed by atoms with E-state index in [1.54, 1.807) is 28.0 Å². The van der Waals surface area contributed by atoms with Crippen LogP contribution >= 0.6 is 0 Å². The van der Waals surface area contributed by atoms with Crippen LogP contribution in [0.2, 0.25) is 0 Å². The number of para-hydroxylation sites is 1. The predicted octanol–water partition coefficient (Wildman–Crippen LogP) is 1.43. The summed E-state index contributed by atoms with van der Waals surface area (Å²) in [6.07, 6.45) is 1.71. The summed E-state index contributed by atoms with van der Waals surface area (Å²) in [6.45, 7) is 1.44. The van der Waals surface area contributed by atoms with Gasteiger partial charge in [-0.25, -0.2) is 13.1 Å². The fraction of sp³-hybridized carbons (Fsp3) is 0.333. The monoisotopic (exact) mass is 429 g/mol. The molecule has 1 aliphatic carbocycles. The number of hydrogen-bond acceptors (Lipinski definition) is 5. The Balaban J connectivity index is 1.37. The first-order valence-electron chi connectivity index (χ1n) is 9.84. The van der Waals surface area contributed by atoms with Crippen LogP contribution in [0.1, 0.15) is 33.6 Å². The van der Waals surface area contributed by atoms with E-state index in [-0.39, 0.29) is 34.1 Å². The van der Waals surface area contributed by atoms with Gasteiger partial charge in [0.2, 0.25) is 10.0 Å². The number of phenols is 1. The van der Waals surface area contributed by atoms with Gasteiger partial charge in [0.15, 0.2) is 0 Å². The molecule has 1 saturated carbocycles. The van der Waals surface area contributed by atoms with E-state index < -0.39 is 10.0 Å². The Morgan fingerprint density at radius 1 is 0.867 bits per heavy atom. The summed E-state index contributed by atoms with van der Waals surface area (Å²) in [5.74, 6) is -0.533. The number of amides is 2. The van der Waals surface area contributed by atoms with E-state index in [4.69, 9.17) is 0 Å². The number of benzene rings is 2. The van der Waals surface area contributed by atoms with Crippen molar-refractivity contribution >= 4 is 21.8 Å². The van der Waals surface area contributed by atoms with Crippen molar-refractivity contribution in [2.45, 2.75) is 23.8 Å². The second kappa shape index (κ2) is 8.08. The van der Waals surface area contributed by atoms with Gasteiger partial charge in [-0.2, -0.15) is 0 Å². The van der Waals surface area contributed by atoms with Gasteiger partial charge in [-0.3, -0.25) is 9.59 Å². The molecule has 0 unspecified atom stereocenters. The number of nitrogens with zero attached hydrogens (tertiary/aromatic N) is 2. The molecule has 1 aliphatic heterocycles. The smallest absolute Gasteiger partial charge is 0.257 e. The molecule has 158 valence electrons. The van der Waals surface area contributed by atoms with E-state index in [9.17, 15) is 23.1 Å². The average Bonchev–Trinajstić information content (AvgIpc) is 3.57. The van der Waals surface area contributed by atoms with Crippen molar-refractivity contribution in [2.75, 3.05) is 26.2 Å². The van der Waals surface area contributed by atoms with Crippen molar-refractivity contribution in [1.29, 1.82) is 0 Å². The minimum atomic E-state index is -3.55. The highest BCUT2D eigenvalue weighted by Crippen LogP contribution is 2.23. The average molecular weight is 429 g/mol. The van der Waals surface area contributed by atoms with Gasteiger partial charge in [-0.1, -0.05) is 12.1 Å². The van der Waals surface area contributed by atoms with Gasteiger partial charge in [0.05, 0.1) is 10.5 Å². The van der Waals surface area contributed by atoms with Crippen molar-refractivity contribution in [3.8, 4) is 5.75 Å². The number of sulfonamides is 1. The van der Waals surface area contributed by atoms with Gasteiger partial charge in [0.25, 0.3) is 11.8 Å². The summed E-state index contributed by atoms with van der Waals surface area (Å²) in [7, 11) is -3.55. The van der Waals surface area contributed by atoms with Crippen LogP contribution in [0.25, 0.3) is 0 Å². The number of carbonyl (C=O) groups excluding carboxylic acids is 2. The number of phenolic OH excluding ortho intramolecular Hbond substituents is 1. The predicted molar refractivity (Wildman–Crippen MR) is 110 cm³/mol. The summed E-state index contributed by atoms with van der Waals surface area (Å²) < 4.78 is 27.1. The fourth-order valence-corrected chi connectivity index (χ4v) is 4.69. The number of hydrogen-bond donors (Lipinski definition) is 2. The molecule has 9 heteroatoms. The first-order valence-corrected chi connectivity index (χ1v) is 11.3. The van der Waals surface area contributed by atoms with Crippen molar-refractivity contribution < 1.29 is 23.1 Å². The van der Waals surface area contributed by atoms with E-state index in [1.807, 2.05) is 0 Å². The lowest BCUT2D eigenvalue weighted by atomic mass is 10.1. The highest BCUT2D eigenvalue weighted by molar-refractivity contribution is 7.89. The Hall–Kier alpha value is -2.91. The lowest BCUT2D eigenvalue weighted by Gasteiger charge is -2.35. The lowest BCUT2D eigenvalue weighted by Crippen LogP contribution is -2.50. The Morgan fingerprint density at radius 2 is 1.43 bits per heavy atom. The summed E-state index contributed by atoms with van der Waals surface area (Å²) in [4.78, 5) is 28.7. The van der Waals surface area contributed by atoms with Crippen LogP contribution < -0.4 is 4.72 Å². The molecule has 0 bridgehead atoms. The highest BCUT2D eigenvalue weighted by Gasteiger charge is 2.29. The molecule has 4 rings (SSSR count). The van der Waals surface area contributed by atoms with Crippen LogP contribution in [0, 0.1) is 0 Å². The largest absolute Gasteiger partial charge is 0.507 e. The molecule has 0 radical (unpaired) electrons. The summed E-state index contributed by atoms with van der Waals surface area (Å²) in [5, 5.41) is 9.87. The van der Waals surface area contributed by atoms with Crippen molar-refractivity contribution in [3.63, 3.8) is 0 Å². The molecule has 30 heavy (non-hydrogen) atoms. The molecular formula is C21H23N3O5S. The first kappa shape index (κ1) is 20.4. The third-order valence-corrected chi connectivity index (χ3v) is 6.84. The van der Waals surface area contributed by atoms with E-state index in [0.717, 1.165) is 12.8 Å². The fourth-order valence-electron chi connectivity index (χ4n) is 3.39. The highest BCUT2D eigenvalue weighted by atomic mass is 32.2. The number of nitrogens with one attached hydrogen (secondary N) is 1. The molecule has 2 aromatic rings. The maximum atomic E-state index is 12.8. The second-order valence-electron chi connectivity index (χ2n) is 7.52. The van der Waals surface area contributed by atoms with E-state index in [2.05, 4.69) is 4.72 Å². The Labute approximate surface area is 175 Å². The van der Waals surface area contributed by atoms with Crippen LogP contribution in [0.15, 0.2) is 53.4 Å². The zero-order valence-corrected chi connectivity index (χ0v) is 17.1. The van der Waals surface area contributed by atoms with Crippen LogP contribution in [-0.4, -0.2) is 67.4 Å². The minimum absolute atomic E-state index is 0.0214. The van der Waals surface area contributed by atoms with E-state index in [1.165, 1.54) is 30.3 Å². The molecule has 0 atom stereocenters. The maximum absolute atomic E-state index is 12.8. The number of aromatic hydroxyl groups is 1. The molecule has 0 aromatic heterocycles. The van der Waals surface area contributed by atoms with Crippen LogP contribution in [0.4, 0.5) is 0 Å². The topological polar surface area (TPSA) is 107 Å². The molecule has 1 heterocycles. The quantitative estimate of drug-likeness (QED) is 0.748. The Kier molecular flexibility index (Phi) is 5.48. The van der Waals surface area contributed by atoms with Crippen molar-refractivity contribution in [3.05, 3.63) is 59.7 Å². The summed E-state index contributed by atoms with van der Waals surface area (Å²) in [5.41, 5.74) is 0.648. The SMILES string of the molecule is O=C(c1ccc(S(=O)(=O)NC2CC2)cc1)N1CCN(C(=O)c2ccccc2O)CC1. The van der Waals surface area contributed by atoms with Crippen molar-refractivity contribution in [1.82, 2.24) is 14.5 Å². The van der Waals surface area contributed by atoms with E-state index >= 15 is 0 Å². The van der Waals surface area contributed by atoms with Gasteiger partial charge in [0.1, 0.15) is 5.75 Å². The molecule has 2 aromatic carbocycles. The molecule has 2 fully saturated rings. The standard InChI is InChI=1S/C21H23N3O5S/c25-19-4-2-1-3-18(19)21(27)24-13-11-23(12-14-24)20(26)15-5-9-17(10-6-15)30(28,29)22-16-7-8-16/h1-6,9-10,16,22,25H,7-8,11-14H2. The molecule has 2 amide bonds. The van der Waals surface area contributed by atoms with Crippen molar-refractivity contribution in [2.24, 2.45) is 0 Å². The molecule has 1 saturated heterocycles. The van der Waals surface area contributed by atoms with E-state index in [0.29, 0.717) is 31.7 Å². The van der Waals surface area contributed by atoms with Crippen LogP contribution in [0.5, 0.6) is 5.75 Å². The zero-order valence-electron chi connectivity index (χ0n) is 16.3. The lowest BCUT2D eigenvalue weighted by molar-refractivity contribution is 0.0533. The molecule has 0 spiro atoms. The first-order chi connectivity index (χ1) is 14.3. The van der Waals surface area contributed by atoms with Gasteiger partial charge in [-0.15, -0.1) is 0 Å². The zero-order chi connectivity index (χ0) is 21.3. The van der Waals surface area contributed by atoms with Gasteiger partial charge < -0.3 is 14.9 Å². The maximum Gasteiger partial charge on any atom is 0.257 e. The Bertz CT molecular complexity index is 1060. The summed E-state index contributed by atoms with van der Waals surface area (Å²) in [6, 6.07) is 12.3. The minimum Gasteiger partial charge on any atom is -0.507 e. The van der Waals surface area contributed by atoms with Gasteiger partial charge in [0, 0.05) is 37.8 Å². The number of rotatable bonds is 5. The summed E-state index contributed by atoms with van der Waals surface area (Å²) >= 11 is 0. The molecule has 8 nitrogen and oxygen atoms in total. The number of carbonyl (C=O) groups is 2. The second-order valence-corrected chi connectivity index (χ2v) is 9.24. The van der Waals surface area contributed by atoms with Gasteiger partial charge >= 0.3 is 0 Å². The number of piperazine rings is 1. The third-order valence-electron chi connectivity index (χ3n) is 5.30. The third kappa shape index (κ3) is 4.31. The van der Waals surface area contributed by atoms with Gasteiger partial charge in [-0.05, 0) is 49.2 Å².